The predicted octanol–water partition coefficient (Wildman–Crippen LogP) is 4.15. The number of ether oxygens (including phenoxy) is 3. The minimum Gasteiger partial charge on any atom is -0.507 e. The summed E-state index contributed by atoms with van der Waals surface area (Å²) in [6.45, 7) is 2.89. The van der Waals surface area contributed by atoms with Crippen LogP contribution in [-0.4, -0.2) is 51.8 Å². The van der Waals surface area contributed by atoms with E-state index in [1.807, 2.05) is 42.5 Å². The Bertz CT molecular complexity index is 1040. The number of aliphatic imine (C=N–C) groups is 1. The molecule has 0 radical (unpaired) electrons. The van der Waals surface area contributed by atoms with Crippen LogP contribution in [0.3, 0.4) is 0 Å². The molecule has 3 aromatic carbocycles. The number of hydrogen-bond donors (Lipinski definition) is 1. The number of methoxy groups -OCH3 is 2. The molecule has 1 aliphatic heterocycles. The van der Waals surface area contributed by atoms with E-state index in [9.17, 15) is 5.11 Å². The van der Waals surface area contributed by atoms with Crippen molar-refractivity contribution in [3.05, 3.63) is 54.1 Å². The molecule has 1 aliphatic rings. The Balaban J connectivity index is 1.81. The highest BCUT2D eigenvalue weighted by Crippen LogP contribution is 2.40. The SMILES string of the molecule is COc1cc(N=Cc2c(O)ccc3ccccc23)c(N2CCOCC2)cc1OC. The van der Waals surface area contributed by atoms with E-state index in [1.165, 1.54) is 0 Å². The lowest BCUT2D eigenvalue weighted by atomic mass is 10.0. The number of hydrogen-bond acceptors (Lipinski definition) is 6. The number of phenolic OH excluding ortho intramolecular Hbond substituents is 1. The van der Waals surface area contributed by atoms with Gasteiger partial charge in [0.1, 0.15) is 5.75 Å². The lowest BCUT2D eigenvalue weighted by Crippen LogP contribution is -2.36. The smallest absolute Gasteiger partial charge is 0.163 e. The molecule has 0 saturated carbocycles. The second kappa shape index (κ2) is 8.41. The van der Waals surface area contributed by atoms with Crippen LogP contribution in [0.5, 0.6) is 17.2 Å². The minimum absolute atomic E-state index is 0.195. The maximum atomic E-state index is 10.4. The number of rotatable bonds is 5. The van der Waals surface area contributed by atoms with Crippen molar-refractivity contribution in [1.82, 2.24) is 0 Å². The standard InChI is InChI=1S/C23H24N2O4/c1-27-22-13-19(20(14-23(22)28-2)25-9-11-29-12-10-25)24-15-18-17-6-4-3-5-16(17)7-8-21(18)26/h3-8,13-15,26H,9-12H2,1-2H3. The number of aromatic hydroxyl groups is 1. The minimum atomic E-state index is 0.195. The fraction of sp³-hybridized carbons (Fsp3) is 0.261. The van der Waals surface area contributed by atoms with Crippen molar-refractivity contribution in [2.75, 3.05) is 45.4 Å². The third-order valence-electron chi connectivity index (χ3n) is 5.11. The van der Waals surface area contributed by atoms with Crippen molar-refractivity contribution in [3.63, 3.8) is 0 Å². The van der Waals surface area contributed by atoms with Gasteiger partial charge >= 0.3 is 0 Å². The Kier molecular flexibility index (Phi) is 5.53. The summed E-state index contributed by atoms with van der Waals surface area (Å²) in [5.41, 5.74) is 2.38. The first kappa shape index (κ1) is 19.1. The summed E-state index contributed by atoms with van der Waals surface area (Å²) in [7, 11) is 3.23. The van der Waals surface area contributed by atoms with Gasteiger partial charge in [0, 0.05) is 37.0 Å². The van der Waals surface area contributed by atoms with Crippen LogP contribution < -0.4 is 14.4 Å². The fourth-order valence-corrected chi connectivity index (χ4v) is 3.57. The lowest BCUT2D eigenvalue weighted by Gasteiger charge is -2.30. The molecule has 6 heteroatoms. The molecule has 1 N–H and O–H groups in total. The molecule has 1 saturated heterocycles. The summed E-state index contributed by atoms with van der Waals surface area (Å²) in [5, 5.41) is 12.4. The zero-order valence-corrected chi connectivity index (χ0v) is 16.6. The quantitative estimate of drug-likeness (QED) is 0.661. The molecule has 150 valence electrons. The van der Waals surface area contributed by atoms with Crippen molar-refractivity contribution in [1.29, 1.82) is 0 Å². The van der Waals surface area contributed by atoms with Crippen LogP contribution in [0.1, 0.15) is 5.56 Å². The fourth-order valence-electron chi connectivity index (χ4n) is 3.57. The normalized spacial score (nSPS) is 14.5. The topological polar surface area (TPSA) is 63.5 Å². The Morgan fingerprint density at radius 2 is 1.72 bits per heavy atom. The summed E-state index contributed by atoms with van der Waals surface area (Å²) in [6.07, 6.45) is 1.71. The highest BCUT2D eigenvalue weighted by molar-refractivity contribution is 6.03. The summed E-state index contributed by atoms with van der Waals surface area (Å²) in [6, 6.07) is 15.3. The van der Waals surface area contributed by atoms with E-state index in [0.717, 1.165) is 35.2 Å². The summed E-state index contributed by atoms with van der Waals surface area (Å²) >= 11 is 0. The molecule has 1 fully saturated rings. The maximum Gasteiger partial charge on any atom is 0.163 e. The third kappa shape index (κ3) is 3.84. The predicted molar refractivity (Wildman–Crippen MR) is 115 cm³/mol. The molecule has 1 heterocycles. The molecule has 0 amide bonds. The van der Waals surface area contributed by atoms with Gasteiger partial charge in [0.25, 0.3) is 0 Å². The summed E-state index contributed by atoms with van der Waals surface area (Å²) < 4.78 is 16.4. The van der Waals surface area contributed by atoms with Gasteiger partial charge in [-0.1, -0.05) is 30.3 Å². The van der Waals surface area contributed by atoms with Crippen LogP contribution in [0.4, 0.5) is 11.4 Å². The number of benzene rings is 3. The van der Waals surface area contributed by atoms with Gasteiger partial charge in [-0.25, -0.2) is 0 Å². The van der Waals surface area contributed by atoms with Gasteiger partial charge in [0.15, 0.2) is 11.5 Å². The van der Waals surface area contributed by atoms with E-state index >= 15 is 0 Å². The number of fused-ring (bicyclic) bond motifs is 1. The molecular formula is C23H24N2O4. The largest absolute Gasteiger partial charge is 0.507 e. The van der Waals surface area contributed by atoms with E-state index in [0.29, 0.717) is 30.3 Å². The van der Waals surface area contributed by atoms with Crippen molar-refractivity contribution in [3.8, 4) is 17.2 Å². The van der Waals surface area contributed by atoms with E-state index in [2.05, 4.69) is 4.90 Å². The molecule has 0 aromatic heterocycles. The van der Waals surface area contributed by atoms with Gasteiger partial charge < -0.3 is 24.2 Å². The number of morpholine rings is 1. The molecule has 29 heavy (non-hydrogen) atoms. The van der Waals surface area contributed by atoms with Crippen molar-refractivity contribution in [2.45, 2.75) is 0 Å². The van der Waals surface area contributed by atoms with E-state index in [4.69, 9.17) is 19.2 Å². The Morgan fingerprint density at radius 3 is 2.48 bits per heavy atom. The highest BCUT2D eigenvalue weighted by Gasteiger charge is 2.18. The highest BCUT2D eigenvalue weighted by atomic mass is 16.5. The molecule has 0 aliphatic carbocycles. The van der Waals surface area contributed by atoms with Crippen LogP contribution in [0.25, 0.3) is 10.8 Å². The van der Waals surface area contributed by atoms with Crippen LogP contribution in [-0.2, 0) is 4.74 Å². The molecule has 0 unspecified atom stereocenters. The zero-order valence-electron chi connectivity index (χ0n) is 16.6. The zero-order chi connectivity index (χ0) is 20.2. The second-order valence-electron chi connectivity index (χ2n) is 6.77. The summed E-state index contributed by atoms with van der Waals surface area (Å²) in [5.74, 6) is 1.46. The summed E-state index contributed by atoms with van der Waals surface area (Å²) in [4.78, 5) is 6.97. The molecule has 6 nitrogen and oxygen atoms in total. The van der Waals surface area contributed by atoms with Crippen molar-refractivity contribution >= 4 is 28.4 Å². The monoisotopic (exact) mass is 392 g/mol. The first-order valence-electron chi connectivity index (χ1n) is 9.54. The van der Waals surface area contributed by atoms with Gasteiger partial charge in [-0.3, -0.25) is 4.99 Å². The number of nitrogens with zero attached hydrogens (tertiary/aromatic N) is 2. The number of anilines is 1. The lowest BCUT2D eigenvalue weighted by molar-refractivity contribution is 0.122. The van der Waals surface area contributed by atoms with Crippen molar-refractivity contribution < 1.29 is 19.3 Å². The molecule has 3 aromatic rings. The molecule has 0 bridgehead atoms. The molecule has 4 rings (SSSR count). The van der Waals surface area contributed by atoms with Crippen LogP contribution in [0.2, 0.25) is 0 Å². The average Bonchev–Trinajstić information content (AvgIpc) is 2.78. The molecule has 0 atom stereocenters. The van der Waals surface area contributed by atoms with Gasteiger partial charge in [0.05, 0.1) is 38.8 Å². The van der Waals surface area contributed by atoms with Gasteiger partial charge in [-0.05, 0) is 16.8 Å². The first-order valence-corrected chi connectivity index (χ1v) is 9.54. The third-order valence-corrected chi connectivity index (χ3v) is 5.11. The average molecular weight is 392 g/mol. The molecule has 0 spiro atoms. The van der Waals surface area contributed by atoms with Crippen LogP contribution in [0.15, 0.2) is 53.5 Å². The van der Waals surface area contributed by atoms with E-state index < -0.39 is 0 Å². The second-order valence-corrected chi connectivity index (χ2v) is 6.77. The Labute approximate surface area is 170 Å². The Morgan fingerprint density at radius 1 is 1.00 bits per heavy atom. The van der Waals surface area contributed by atoms with Crippen molar-refractivity contribution in [2.24, 2.45) is 4.99 Å². The maximum absolute atomic E-state index is 10.4. The van der Waals surface area contributed by atoms with Gasteiger partial charge in [-0.2, -0.15) is 0 Å². The van der Waals surface area contributed by atoms with Crippen LogP contribution in [0, 0.1) is 0 Å². The van der Waals surface area contributed by atoms with Crippen LogP contribution >= 0.6 is 0 Å². The number of phenols is 1. The van der Waals surface area contributed by atoms with E-state index in [1.54, 1.807) is 26.5 Å². The van der Waals surface area contributed by atoms with Gasteiger partial charge in [-0.15, -0.1) is 0 Å². The van der Waals surface area contributed by atoms with Gasteiger partial charge in [0.2, 0.25) is 0 Å². The van der Waals surface area contributed by atoms with E-state index in [-0.39, 0.29) is 5.75 Å². The molecular weight excluding hydrogens is 368 g/mol. The Hall–Kier alpha value is -3.25. The first-order chi connectivity index (χ1) is 14.2.